The van der Waals surface area contributed by atoms with Gasteiger partial charge in [0.2, 0.25) is 0 Å². The third kappa shape index (κ3) is 3.73. The molecule has 0 atom stereocenters. The summed E-state index contributed by atoms with van der Waals surface area (Å²) in [6.45, 7) is 3.16. The maximum absolute atomic E-state index is 9.10. The number of nitrogens with zero attached hydrogens (tertiary/aromatic N) is 2. The highest BCUT2D eigenvalue weighted by atomic mass is 16.4. The van der Waals surface area contributed by atoms with Gasteiger partial charge in [-0.25, -0.2) is 14.6 Å². The zero-order chi connectivity index (χ0) is 17.9. The van der Waals surface area contributed by atoms with E-state index in [0.717, 1.165) is 35.4 Å². The van der Waals surface area contributed by atoms with Crippen molar-refractivity contribution in [1.82, 2.24) is 4.98 Å². The normalized spacial score (nSPS) is 13.5. The molecule has 0 spiro atoms. The predicted octanol–water partition coefficient (Wildman–Crippen LogP) is 2.05. The van der Waals surface area contributed by atoms with Crippen LogP contribution in [-0.4, -0.2) is 40.7 Å². The van der Waals surface area contributed by atoms with Gasteiger partial charge in [0.05, 0.1) is 5.52 Å². The highest BCUT2D eigenvalue weighted by Crippen LogP contribution is 2.33. The zero-order valence-electron chi connectivity index (χ0n) is 13.7. The summed E-state index contributed by atoms with van der Waals surface area (Å²) >= 11 is 0. The lowest BCUT2D eigenvalue weighted by Gasteiger charge is -2.20. The van der Waals surface area contributed by atoms with Gasteiger partial charge in [0, 0.05) is 30.2 Å². The Morgan fingerprint density at radius 1 is 1.21 bits per heavy atom. The van der Waals surface area contributed by atoms with Gasteiger partial charge in [0.15, 0.2) is 0 Å². The lowest BCUT2D eigenvalue weighted by Crippen LogP contribution is -2.19. The summed E-state index contributed by atoms with van der Waals surface area (Å²) in [4.78, 5) is 25.2. The number of carboxylic acids is 2. The monoisotopic (exact) mass is 331 g/mol. The van der Waals surface area contributed by atoms with Crippen molar-refractivity contribution in [3.05, 3.63) is 29.3 Å². The van der Waals surface area contributed by atoms with Gasteiger partial charge in [-0.2, -0.15) is 0 Å². The Bertz CT molecular complexity index is 777. The van der Waals surface area contributed by atoms with E-state index in [0.29, 0.717) is 0 Å². The van der Waals surface area contributed by atoms with Gasteiger partial charge < -0.3 is 20.8 Å². The number of carbonyl (C=O) groups is 2. The highest BCUT2D eigenvalue weighted by Gasteiger charge is 2.18. The molecule has 3 rings (SSSR count). The number of carboxylic acid groups (broad SMARTS) is 2. The Morgan fingerprint density at radius 3 is 2.50 bits per heavy atom. The van der Waals surface area contributed by atoms with Crippen molar-refractivity contribution in [2.45, 2.75) is 26.2 Å². The predicted molar refractivity (Wildman–Crippen MR) is 92.4 cm³/mol. The summed E-state index contributed by atoms with van der Waals surface area (Å²) in [5, 5.41) is 15.9. The molecule has 1 aromatic heterocycles. The van der Waals surface area contributed by atoms with E-state index in [4.69, 9.17) is 30.5 Å². The van der Waals surface area contributed by atoms with Crippen LogP contribution < -0.4 is 10.6 Å². The quantitative estimate of drug-likeness (QED) is 0.632. The first kappa shape index (κ1) is 17.5. The summed E-state index contributed by atoms with van der Waals surface area (Å²) < 4.78 is 0. The molecule has 1 aliphatic heterocycles. The number of fused-ring (bicyclic) bond motifs is 2. The van der Waals surface area contributed by atoms with Crippen molar-refractivity contribution in [3.8, 4) is 0 Å². The van der Waals surface area contributed by atoms with Crippen molar-refractivity contribution in [1.29, 1.82) is 0 Å². The molecule has 0 saturated carbocycles. The number of aromatic nitrogens is 1. The number of nitrogen functional groups attached to an aromatic ring is 1. The second kappa shape index (κ2) is 7.16. The molecule has 4 N–H and O–H groups in total. The Labute approximate surface area is 139 Å². The maximum Gasteiger partial charge on any atom is 0.414 e. The minimum absolute atomic E-state index is 0.924. The van der Waals surface area contributed by atoms with Crippen LogP contribution in [0.25, 0.3) is 10.9 Å². The third-order valence-corrected chi connectivity index (χ3v) is 3.98. The number of anilines is 2. The molecule has 0 unspecified atom stereocenters. The number of aryl methyl sites for hydroxylation is 1. The smallest absolute Gasteiger partial charge is 0.414 e. The lowest BCUT2D eigenvalue weighted by molar-refractivity contribution is -0.159. The van der Waals surface area contributed by atoms with Crippen LogP contribution in [0.1, 0.15) is 24.0 Å². The number of rotatable bonds is 0. The second-order valence-corrected chi connectivity index (χ2v) is 5.84. The summed E-state index contributed by atoms with van der Waals surface area (Å²) in [6, 6.07) is 6.31. The molecule has 0 radical (unpaired) electrons. The first-order valence-electron chi connectivity index (χ1n) is 7.67. The number of pyridine rings is 1. The van der Waals surface area contributed by atoms with Gasteiger partial charge in [0.25, 0.3) is 0 Å². The topological polar surface area (TPSA) is 117 Å². The molecular formula is C17H21N3O4. The Balaban J connectivity index is 0.000000301. The average Bonchev–Trinajstić information content (AvgIpc) is 2.71. The molecule has 0 aliphatic carbocycles. The Morgan fingerprint density at radius 2 is 1.88 bits per heavy atom. The van der Waals surface area contributed by atoms with Crippen LogP contribution in [0.15, 0.2) is 18.2 Å². The molecule has 2 heterocycles. The molecule has 0 saturated heterocycles. The fraction of sp³-hybridized carbons (Fsp3) is 0.353. The average molecular weight is 331 g/mol. The molecule has 1 aromatic carbocycles. The Kier molecular flexibility index (Phi) is 5.23. The number of hydrogen-bond acceptors (Lipinski definition) is 5. The molecule has 0 amide bonds. The largest absolute Gasteiger partial charge is 0.473 e. The van der Waals surface area contributed by atoms with E-state index < -0.39 is 11.9 Å². The molecule has 1 aliphatic rings. The van der Waals surface area contributed by atoms with E-state index in [1.165, 1.54) is 24.0 Å². The number of aliphatic carboxylic acids is 2. The van der Waals surface area contributed by atoms with Crippen molar-refractivity contribution in [3.63, 3.8) is 0 Å². The SMILES string of the molecule is Cc1ccc2nc3c(c(N)c2c1)CCCCN3C.O=C(O)C(=O)O. The van der Waals surface area contributed by atoms with E-state index >= 15 is 0 Å². The van der Waals surface area contributed by atoms with E-state index in [2.05, 4.69) is 37.1 Å². The standard InChI is InChI=1S/C15H19N3.C2H2O4/c1-10-6-7-13-12(9-10)14(16)11-5-3-4-8-18(2)15(11)17-13;3-1(4)2(5)6/h6-7,9H,3-5,8H2,1-2H3,(H2,16,17);(H,3,4)(H,5,6). The Hall–Kier alpha value is -2.83. The van der Waals surface area contributed by atoms with Gasteiger partial charge in [-0.3, -0.25) is 0 Å². The fourth-order valence-corrected chi connectivity index (χ4v) is 2.75. The molecule has 7 nitrogen and oxygen atoms in total. The van der Waals surface area contributed by atoms with Crippen molar-refractivity contribution >= 4 is 34.3 Å². The van der Waals surface area contributed by atoms with Crippen molar-refractivity contribution < 1.29 is 19.8 Å². The van der Waals surface area contributed by atoms with Crippen LogP contribution in [0.3, 0.4) is 0 Å². The van der Waals surface area contributed by atoms with Crippen molar-refractivity contribution in [2.75, 3.05) is 24.2 Å². The number of hydrogen-bond donors (Lipinski definition) is 3. The van der Waals surface area contributed by atoms with Crippen LogP contribution in [-0.2, 0) is 16.0 Å². The van der Waals surface area contributed by atoms with Crippen LogP contribution in [0.4, 0.5) is 11.5 Å². The molecule has 24 heavy (non-hydrogen) atoms. The van der Waals surface area contributed by atoms with E-state index in [1.807, 2.05) is 0 Å². The van der Waals surface area contributed by atoms with Gasteiger partial charge in [-0.1, -0.05) is 11.6 Å². The minimum atomic E-state index is -1.82. The van der Waals surface area contributed by atoms with Crippen LogP contribution in [0.2, 0.25) is 0 Å². The van der Waals surface area contributed by atoms with Crippen molar-refractivity contribution in [2.24, 2.45) is 0 Å². The molecular weight excluding hydrogens is 310 g/mol. The summed E-state index contributed by atoms with van der Waals surface area (Å²) in [7, 11) is 2.11. The van der Waals surface area contributed by atoms with Gasteiger partial charge in [-0.05, 0) is 38.3 Å². The molecule has 0 bridgehead atoms. The zero-order valence-corrected chi connectivity index (χ0v) is 13.7. The maximum atomic E-state index is 9.10. The molecule has 2 aromatic rings. The second-order valence-electron chi connectivity index (χ2n) is 5.84. The fourth-order valence-electron chi connectivity index (χ4n) is 2.75. The minimum Gasteiger partial charge on any atom is -0.473 e. The van der Waals surface area contributed by atoms with E-state index in [9.17, 15) is 0 Å². The van der Waals surface area contributed by atoms with E-state index in [-0.39, 0.29) is 0 Å². The number of benzene rings is 1. The van der Waals surface area contributed by atoms with Gasteiger partial charge >= 0.3 is 11.9 Å². The third-order valence-electron chi connectivity index (χ3n) is 3.98. The molecule has 0 fully saturated rings. The van der Waals surface area contributed by atoms with Gasteiger partial charge in [0.1, 0.15) is 5.82 Å². The number of nitrogens with two attached hydrogens (primary N) is 1. The lowest BCUT2D eigenvalue weighted by atomic mass is 10.0. The van der Waals surface area contributed by atoms with Gasteiger partial charge in [-0.15, -0.1) is 0 Å². The molecule has 128 valence electrons. The first-order chi connectivity index (χ1) is 11.3. The molecule has 7 heteroatoms. The van der Waals surface area contributed by atoms with E-state index in [1.54, 1.807) is 0 Å². The first-order valence-corrected chi connectivity index (χ1v) is 7.67. The highest BCUT2D eigenvalue weighted by molar-refractivity contribution is 6.27. The summed E-state index contributed by atoms with van der Waals surface area (Å²) in [6.07, 6.45) is 3.45. The summed E-state index contributed by atoms with van der Waals surface area (Å²) in [5.41, 5.74) is 10.8. The van der Waals surface area contributed by atoms with Crippen LogP contribution >= 0.6 is 0 Å². The van der Waals surface area contributed by atoms with Crippen LogP contribution in [0.5, 0.6) is 0 Å². The summed E-state index contributed by atoms with van der Waals surface area (Å²) in [5.74, 6) is -2.58. The van der Waals surface area contributed by atoms with Crippen LogP contribution in [0, 0.1) is 6.92 Å².